The molecule has 1 N–H and O–H groups in total. The SMILES string of the molecule is COc1ccc(C2CCCN2CC(=O)NCc2ccc3c(c2)OCO3)c(OC)c1. The van der Waals surface area contributed by atoms with Gasteiger partial charge in [0.25, 0.3) is 0 Å². The summed E-state index contributed by atoms with van der Waals surface area (Å²) in [4.78, 5) is 14.8. The van der Waals surface area contributed by atoms with E-state index in [1.165, 1.54) is 0 Å². The average Bonchev–Trinajstić information content (AvgIpc) is 3.40. The van der Waals surface area contributed by atoms with E-state index in [4.69, 9.17) is 18.9 Å². The summed E-state index contributed by atoms with van der Waals surface area (Å²) in [6.45, 7) is 1.94. The molecule has 2 heterocycles. The van der Waals surface area contributed by atoms with E-state index in [2.05, 4.69) is 10.2 Å². The van der Waals surface area contributed by atoms with Gasteiger partial charge < -0.3 is 24.3 Å². The average molecular weight is 398 g/mol. The summed E-state index contributed by atoms with van der Waals surface area (Å²) in [7, 11) is 3.30. The van der Waals surface area contributed by atoms with Crippen LogP contribution in [0.25, 0.3) is 0 Å². The molecule has 1 amide bonds. The first-order chi connectivity index (χ1) is 14.2. The van der Waals surface area contributed by atoms with Gasteiger partial charge in [-0.2, -0.15) is 0 Å². The minimum absolute atomic E-state index is 0.00189. The molecule has 0 aromatic heterocycles. The van der Waals surface area contributed by atoms with Crippen LogP contribution in [-0.4, -0.2) is 44.9 Å². The molecule has 0 aliphatic carbocycles. The number of carbonyl (C=O) groups is 1. The van der Waals surface area contributed by atoms with Gasteiger partial charge in [-0.05, 0) is 43.1 Å². The van der Waals surface area contributed by atoms with Crippen molar-refractivity contribution in [2.45, 2.75) is 25.4 Å². The largest absolute Gasteiger partial charge is 0.497 e. The van der Waals surface area contributed by atoms with Gasteiger partial charge in [-0.15, -0.1) is 0 Å². The Kier molecular flexibility index (Phi) is 5.76. The highest BCUT2D eigenvalue weighted by Crippen LogP contribution is 2.38. The molecule has 7 heteroatoms. The molecule has 2 aliphatic heterocycles. The Morgan fingerprint density at radius 1 is 1.14 bits per heavy atom. The van der Waals surface area contributed by atoms with Crippen molar-refractivity contribution in [1.82, 2.24) is 10.2 Å². The lowest BCUT2D eigenvalue weighted by molar-refractivity contribution is -0.122. The van der Waals surface area contributed by atoms with Crippen LogP contribution in [0.4, 0.5) is 0 Å². The van der Waals surface area contributed by atoms with Gasteiger partial charge in [-0.3, -0.25) is 9.69 Å². The Labute approximate surface area is 170 Å². The number of carbonyl (C=O) groups excluding carboxylic acids is 1. The van der Waals surface area contributed by atoms with Gasteiger partial charge in [0.1, 0.15) is 11.5 Å². The van der Waals surface area contributed by atoms with Crippen LogP contribution in [-0.2, 0) is 11.3 Å². The lowest BCUT2D eigenvalue weighted by atomic mass is 10.0. The number of hydrogen-bond donors (Lipinski definition) is 1. The van der Waals surface area contributed by atoms with Crippen LogP contribution in [0.1, 0.15) is 30.0 Å². The second kappa shape index (κ2) is 8.61. The molecule has 2 aromatic rings. The zero-order valence-electron chi connectivity index (χ0n) is 16.8. The highest BCUT2D eigenvalue weighted by atomic mass is 16.7. The highest BCUT2D eigenvalue weighted by Gasteiger charge is 2.29. The molecule has 1 unspecified atom stereocenters. The first kappa shape index (κ1) is 19.4. The van der Waals surface area contributed by atoms with Gasteiger partial charge in [0.05, 0.1) is 20.8 Å². The Hall–Kier alpha value is -2.93. The summed E-state index contributed by atoms with van der Waals surface area (Å²) >= 11 is 0. The predicted octanol–water partition coefficient (Wildman–Crippen LogP) is 2.89. The Balaban J connectivity index is 1.37. The van der Waals surface area contributed by atoms with Crippen LogP contribution >= 0.6 is 0 Å². The summed E-state index contributed by atoms with van der Waals surface area (Å²) < 4.78 is 21.6. The van der Waals surface area contributed by atoms with Gasteiger partial charge in [-0.25, -0.2) is 0 Å². The first-order valence-corrected chi connectivity index (χ1v) is 9.79. The fourth-order valence-electron chi connectivity index (χ4n) is 3.95. The van der Waals surface area contributed by atoms with Gasteiger partial charge in [-0.1, -0.05) is 12.1 Å². The summed E-state index contributed by atoms with van der Waals surface area (Å²) in [6.07, 6.45) is 2.05. The van der Waals surface area contributed by atoms with E-state index in [1.807, 2.05) is 36.4 Å². The van der Waals surface area contributed by atoms with Gasteiger partial charge in [0.15, 0.2) is 11.5 Å². The van der Waals surface area contributed by atoms with Crippen molar-refractivity contribution in [3.63, 3.8) is 0 Å². The van der Waals surface area contributed by atoms with E-state index >= 15 is 0 Å². The number of fused-ring (bicyclic) bond motifs is 1. The molecule has 1 atom stereocenters. The third-order valence-corrected chi connectivity index (χ3v) is 5.44. The van der Waals surface area contributed by atoms with Crippen molar-refractivity contribution in [2.75, 3.05) is 34.1 Å². The lowest BCUT2D eigenvalue weighted by Gasteiger charge is -2.26. The molecule has 29 heavy (non-hydrogen) atoms. The smallest absolute Gasteiger partial charge is 0.234 e. The Morgan fingerprint density at radius 2 is 2.00 bits per heavy atom. The number of benzene rings is 2. The molecule has 0 spiro atoms. The zero-order valence-corrected chi connectivity index (χ0v) is 16.8. The number of likely N-dealkylation sites (tertiary alicyclic amines) is 1. The second-order valence-corrected chi connectivity index (χ2v) is 7.20. The van der Waals surface area contributed by atoms with E-state index in [0.717, 1.165) is 53.5 Å². The van der Waals surface area contributed by atoms with Crippen molar-refractivity contribution >= 4 is 5.91 Å². The highest BCUT2D eigenvalue weighted by molar-refractivity contribution is 5.78. The van der Waals surface area contributed by atoms with E-state index in [-0.39, 0.29) is 18.7 Å². The van der Waals surface area contributed by atoms with Crippen molar-refractivity contribution in [1.29, 1.82) is 0 Å². The molecule has 2 aliphatic rings. The molecular weight excluding hydrogens is 372 g/mol. The number of amides is 1. The summed E-state index contributed by atoms with van der Waals surface area (Å²) in [5.74, 6) is 3.03. The molecular formula is C22H26N2O5. The van der Waals surface area contributed by atoms with Crippen molar-refractivity contribution < 1.29 is 23.7 Å². The van der Waals surface area contributed by atoms with Crippen LogP contribution in [0.5, 0.6) is 23.0 Å². The van der Waals surface area contributed by atoms with Crippen LogP contribution in [0.15, 0.2) is 36.4 Å². The molecule has 0 bridgehead atoms. The number of methoxy groups -OCH3 is 2. The summed E-state index contributed by atoms with van der Waals surface area (Å²) in [6, 6.07) is 11.7. The minimum atomic E-state index is 0.00189. The topological polar surface area (TPSA) is 69.3 Å². The maximum atomic E-state index is 12.6. The van der Waals surface area contributed by atoms with Crippen molar-refractivity contribution in [3.05, 3.63) is 47.5 Å². The zero-order chi connectivity index (χ0) is 20.2. The number of rotatable bonds is 7. The summed E-state index contributed by atoms with van der Waals surface area (Å²) in [5, 5.41) is 3.01. The third kappa shape index (κ3) is 4.24. The standard InChI is InChI=1S/C22H26N2O5/c1-26-16-6-7-17(20(11-16)27-2)18-4-3-9-24(18)13-22(25)23-12-15-5-8-19-21(10-15)29-14-28-19/h5-8,10-11,18H,3-4,9,12-14H2,1-2H3,(H,23,25). The Bertz CT molecular complexity index is 886. The fraction of sp³-hybridized carbons (Fsp3) is 0.409. The van der Waals surface area contributed by atoms with Gasteiger partial charge in [0, 0.05) is 24.2 Å². The van der Waals surface area contributed by atoms with Crippen LogP contribution in [0.3, 0.4) is 0 Å². The van der Waals surface area contributed by atoms with Crippen molar-refractivity contribution in [3.8, 4) is 23.0 Å². The molecule has 1 fully saturated rings. The predicted molar refractivity (Wildman–Crippen MR) is 108 cm³/mol. The Morgan fingerprint density at radius 3 is 2.83 bits per heavy atom. The van der Waals surface area contributed by atoms with Crippen LogP contribution in [0.2, 0.25) is 0 Å². The number of hydrogen-bond acceptors (Lipinski definition) is 6. The summed E-state index contributed by atoms with van der Waals surface area (Å²) in [5.41, 5.74) is 2.08. The molecule has 1 saturated heterocycles. The molecule has 0 saturated carbocycles. The molecule has 0 radical (unpaired) electrons. The van der Waals surface area contributed by atoms with E-state index in [0.29, 0.717) is 13.1 Å². The first-order valence-electron chi connectivity index (χ1n) is 9.79. The second-order valence-electron chi connectivity index (χ2n) is 7.20. The maximum Gasteiger partial charge on any atom is 0.234 e. The third-order valence-electron chi connectivity index (χ3n) is 5.44. The molecule has 154 valence electrons. The normalized spacial score (nSPS) is 17.9. The monoisotopic (exact) mass is 398 g/mol. The fourth-order valence-corrected chi connectivity index (χ4v) is 3.95. The number of ether oxygens (including phenoxy) is 4. The van der Waals surface area contributed by atoms with E-state index < -0.39 is 0 Å². The minimum Gasteiger partial charge on any atom is -0.497 e. The molecule has 4 rings (SSSR count). The number of nitrogens with one attached hydrogen (secondary N) is 1. The maximum absolute atomic E-state index is 12.6. The molecule has 7 nitrogen and oxygen atoms in total. The lowest BCUT2D eigenvalue weighted by Crippen LogP contribution is -2.36. The molecule has 2 aromatic carbocycles. The van der Waals surface area contributed by atoms with Crippen molar-refractivity contribution in [2.24, 2.45) is 0 Å². The quantitative estimate of drug-likeness (QED) is 0.774. The number of nitrogens with zero attached hydrogens (tertiary/aromatic N) is 1. The van der Waals surface area contributed by atoms with E-state index in [9.17, 15) is 4.79 Å². The van der Waals surface area contributed by atoms with Crippen LogP contribution in [0, 0.1) is 0 Å². The van der Waals surface area contributed by atoms with E-state index in [1.54, 1.807) is 14.2 Å². The van der Waals surface area contributed by atoms with Crippen LogP contribution < -0.4 is 24.3 Å². The van der Waals surface area contributed by atoms with Gasteiger partial charge >= 0.3 is 0 Å². The van der Waals surface area contributed by atoms with Gasteiger partial charge in [0.2, 0.25) is 12.7 Å².